The van der Waals surface area contributed by atoms with Gasteiger partial charge in [-0.3, -0.25) is 10.1 Å². The third-order valence-electron chi connectivity index (χ3n) is 5.27. The van der Waals surface area contributed by atoms with Crippen LogP contribution < -0.4 is 16.0 Å². The zero-order chi connectivity index (χ0) is 20.7. The van der Waals surface area contributed by atoms with E-state index in [-0.39, 0.29) is 12.7 Å². The van der Waals surface area contributed by atoms with Crippen LogP contribution in [-0.2, 0) is 4.79 Å². The summed E-state index contributed by atoms with van der Waals surface area (Å²) in [5.74, 6) is -0.819. The number of unbranched alkanes of at least 4 members (excludes halogenated alkanes) is 14. The Balaban J connectivity index is 3.07. The lowest BCUT2D eigenvalue weighted by Gasteiger charge is -2.14. The lowest BCUT2D eigenvalue weighted by Crippen LogP contribution is -2.44. The molecule has 5 heteroatoms. The van der Waals surface area contributed by atoms with E-state index in [2.05, 4.69) is 22.9 Å². The van der Waals surface area contributed by atoms with E-state index in [1.54, 1.807) is 0 Å². The van der Waals surface area contributed by atoms with Crippen LogP contribution in [0.4, 0.5) is 0 Å². The predicted octanol–water partition coefficient (Wildman–Crippen LogP) is 5.06. The number of carboxylic acid groups (broad SMARTS) is 1. The van der Waals surface area contributed by atoms with Crippen LogP contribution >= 0.6 is 0 Å². The van der Waals surface area contributed by atoms with Gasteiger partial charge in [0.05, 0.1) is 12.7 Å². The SMILES string of the molecule is CCCCCCCCCCCCCCCCCNCCNC(C)NCC(=O)O. The van der Waals surface area contributed by atoms with Crippen molar-refractivity contribution in [3.05, 3.63) is 0 Å². The van der Waals surface area contributed by atoms with Gasteiger partial charge >= 0.3 is 5.97 Å². The van der Waals surface area contributed by atoms with Crippen molar-refractivity contribution >= 4 is 5.97 Å². The van der Waals surface area contributed by atoms with Crippen molar-refractivity contribution in [1.82, 2.24) is 16.0 Å². The van der Waals surface area contributed by atoms with E-state index in [0.29, 0.717) is 0 Å². The van der Waals surface area contributed by atoms with E-state index >= 15 is 0 Å². The second-order valence-corrected chi connectivity index (χ2v) is 8.15. The summed E-state index contributed by atoms with van der Waals surface area (Å²) >= 11 is 0. The van der Waals surface area contributed by atoms with Gasteiger partial charge in [0.15, 0.2) is 0 Å². The van der Waals surface area contributed by atoms with Crippen LogP contribution in [0.1, 0.15) is 110 Å². The van der Waals surface area contributed by atoms with Gasteiger partial charge in [-0.25, -0.2) is 0 Å². The minimum atomic E-state index is -0.819. The molecule has 28 heavy (non-hydrogen) atoms. The summed E-state index contributed by atoms with van der Waals surface area (Å²) in [6.07, 6.45) is 21.1. The second kappa shape index (κ2) is 22.6. The molecule has 0 rings (SSSR count). The van der Waals surface area contributed by atoms with Crippen LogP contribution in [0.3, 0.4) is 0 Å². The van der Waals surface area contributed by atoms with Crippen molar-refractivity contribution in [1.29, 1.82) is 0 Å². The molecule has 1 unspecified atom stereocenters. The molecule has 5 nitrogen and oxygen atoms in total. The third-order valence-corrected chi connectivity index (χ3v) is 5.27. The molecule has 0 fully saturated rings. The zero-order valence-corrected chi connectivity index (χ0v) is 18.9. The van der Waals surface area contributed by atoms with E-state index < -0.39 is 5.97 Å². The highest BCUT2D eigenvalue weighted by Gasteiger charge is 2.02. The van der Waals surface area contributed by atoms with Gasteiger partial charge in [0.2, 0.25) is 0 Å². The van der Waals surface area contributed by atoms with Crippen LogP contribution in [0.25, 0.3) is 0 Å². The Hall–Kier alpha value is -0.650. The van der Waals surface area contributed by atoms with Crippen molar-refractivity contribution < 1.29 is 9.90 Å². The number of nitrogens with one attached hydrogen (secondary N) is 3. The van der Waals surface area contributed by atoms with Crippen LogP contribution in [0, 0.1) is 0 Å². The first-order chi connectivity index (χ1) is 13.7. The third kappa shape index (κ3) is 23.4. The molecular weight excluding hydrogens is 350 g/mol. The van der Waals surface area contributed by atoms with Crippen LogP contribution in [0.5, 0.6) is 0 Å². The van der Waals surface area contributed by atoms with Crippen LogP contribution in [-0.4, -0.2) is 43.4 Å². The van der Waals surface area contributed by atoms with Gasteiger partial charge in [-0.1, -0.05) is 96.8 Å². The lowest BCUT2D eigenvalue weighted by atomic mass is 10.0. The Labute approximate surface area is 174 Å². The van der Waals surface area contributed by atoms with Gasteiger partial charge in [-0.05, 0) is 19.9 Å². The molecule has 0 aromatic carbocycles. The van der Waals surface area contributed by atoms with Crippen LogP contribution in [0.15, 0.2) is 0 Å². The highest BCUT2D eigenvalue weighted by atomic mass is 16.4. The summed E-state index contributed by atoms with van der Waals surface area (Å²) < 4.78 is 0. The van der Waals surface area contributed by atoms with E-state index in [9.17, 15) is 4.79 Å². The van der Waals surface area contributed by atoms with E-state index in [4.69, 9.17) is 5.11 Å². The van der Waals surface area contributed by atoms with Gasteiger partial charge in [0.25, 0.3) is 0 Å². The topological polar surface area (TPSA) is 73.4 Å². The van der Waals surface area contributed by atoms with Gasteiger partial charge < -0.3 is 15.7 Å². The molecule has 0 spiro atoms. The molecule has 168 valence electrons. The molecule has 0 bridgehead atoms. The first-order valence-corrected chi connectivity index (χ1v) is 12.1. The maximum atomic E-state index is 10.5. The molecular formula is C23H49N3O2. The Morgan fingerprint density at radius 2 is 1.14 bits per heavy atom. The molecule has 0 heterocycles. The van der Waals surface area contributed by atoms with Gasteiger partial charge in [0.1, 0.15) is 0 Å². The standard InChI is InChI=1S/C23H49N3O2/c1-3-4-5-6-7-8-9-10-11-12-13-14-15-16-17-18-24-19-20-25-22(2)26-21-23(27)28/h22,24-26H,3-21H2,1-2H3,(H,27,28). The number of hydrogen-bond acceptors (Lipinski definition) is 4. The minimum Gasteiger partial charge on any atom is -0.480 e. The molecule has 0 saturated carbocycles. The molecule has 0 aromatic heterocycles. The molecule has 0 aromatic rings. The molecule has 0 aliphatic rings. The highest BCUT2D eigenvalue weighted by Crippen LogP contribution is 2.13. The van der Waals surface area contributed by atoms with Crippen molar-refractivity contribution in [3.8, 4) is 0 Å². The molecule has 0 aliphatic carbocycles. The summed E-state index contributed by atoms with van der Waals surface area (Å²) in [6, 6.07) is 0. The summed E-state index contributed by atoms with van der Waals surface area (Å²) in [7, 11) is 0. The van der Waals surface area contributed by atoms with E-state index in [0.717, 1.165) is 19.6 Å². The van der Waals surface area contributed by atoms with E-state index in [1.165, 1.54) is 96.3 Å². The maximum Gasteiger partial charge on any atom is 0.317 e. The molecule has 0 amide bonds. The summed E-state index contributed by atoms with van der Waals surface area (Å²) in [4.78, 5) is 10.5. The van der Waals surface area contributed by atoms with Gasteiger partial charge in [-0.2, -0.15) is 0 Å². The van der Waals surface area contributed by atoms with E-state index in [1.807, 2.05) is 6.92 Å². The Bertz CT molecular complexity index is 327. The number of carbonyl (C=O) groups is 1. The number of hydrogen-bond donors (Lipinski definition) is 4. The molecule has 1 atom stereocenters. The fourth-order valence-electron chi connectivity index (χ4n) is 3.44. The number of rotatable bonds is 23. The summed E-state index contributed by atoms with van der Waals surface area (Å²) in [6.45, 7) is 7.09. The summed E-state index contributed by atoms with van der Waals surface area (Å²) in [5, 5.41) is 18.2. The first-order valence-electron chi connectivity index (χ1n) is 12.1. The van der Waals surface area contributed by atoms with Crippen LogP contribution in [0.2, 0.25) is 0 Å². The van der Waals surface area contributed by atoms with Gasteiger partial charge in [0, 0.05) is 13.1 Å². The highest BCUT2D eigenvalue weighted by molar-refractivity contribution is 5.69. The number of aliphatic carboxylic acids is 1. The quantitative estimate of drug-likeness (QED) is 0.143. The maximum absolute atomic E-state index is 10.5. The van der Waals surface area contributed by atoms with Crippen molar-refractivity contribution in [3.63, 3.8) is 0 Å². The Morgan fingerprint density at radius 3 is 1.61 bits per heavy atom. The Kier molecular flexibility index (Phi) is 22.1. The number of carboxylic acids is 1. The van der Waals surface area contributed by atoms with Crippen molar-refractivity contribution in [2.75, 3.05) is 26.2 Å². The van der Waals surface area contributed by atoms with Crippen molar-refractivity contribution in [2.45, 2.75) is 116 Å². The fourth-order valence-corrected chi connectivity index (χ4v) is 3.44. The van der Waals surface area contributed by atoms with Crippen molar-refractivity contribution in [2.24, 2.45) is 0 Å². The van der Waals surface area contributed by atoms with Gasteiger partial charge in [-0.15, -0.1) is 0 Å². The smallest absolute Gasteiger partial charge is 0.317 e. The second-order valence-electron chi connectivity index (χ2n) is 8.15. The normalized spacial score (nSPS) is 12.4. The Morgan fingerprint density at radius 1 is 0.679 bits per heavy atom. The summed E-state index contributed by atoms with van der Waals surface area (Å²) in [5.41, 5.74) is 0. The average molecular weight is 400 g/mol. The average Bonchev–Trinajstić information content (AvgIpc) is 2.68. The molecule has 0 radical (unpaired) electrons. The molecule has 0 saturated heterocycles. The predicted molar refractivity (Wildman–Crippen MR) is 121 cm³/mol. The largest absolute Gasteiger partial charge is 0.480 e. The molecule has 0 aliphatic heterocycles. The zero-order valence-electron chi connectivity index (χ0n) is 18.9. The monoisotopic (exact) mass is 399 g/mol. The minimum absolute atomic E-state index is 0.000715. The first kappa shape index (κ1) is 27.4. The lowest BCUT2D eigenvalue weighted by molar-refractivity contribution is -0.136. The molecule has 4 N–H and O–H groups in total. The fraction of sp³-hybridized carbons (Fsp3) is 0.957.